The molecule has 2 aliphatic heterocycles. The second-order valence-electron chi connectivity index (χ2n) is 6.71. The average Bonchev–Trinajstić information content (AvgIpc) is 2.64. The predicted molar refractivity (Wildman–Crippen MR) is 103 cm³/mol. The molecular formula is C18H25Cl2N3O3. The zero-order chi connectivity index (χ0) is 17.9. The lowest BCUT2D eigenvalue weighted by atomic mass is 9.89. The summed E-state index contributed by atoms with van der Waals surface area (Å²) < 4.78 is 5.30. The number of carbonyl (C=O) groups is 2. The van der Waals surface area contributed by atoms with Crippen LogP contribution < -0.4 is 5.73 Å². The highest BCUT2D eigenvalue weighted by atomic mass is 35.5. The van der Waals surface area contributed by atoms with Gasteiger partial charge in [-0.3, -0.25) is 9.59 Å². The number of hydrogen-bond acceptors (Lipinski definition) is 4. The fourth-order valence-corrected chi connectivity index (χ4v) is 3.54. The molecule has 6 nitrogen and oxygen atoms in total. The molecule has 0 unspecified atom stereocenters. The third-order valence-electron chi connectivity index (χ3n) is 5.03. The zero-order valence-corrected chi connectivity index (χ0v) is 16.2. The Balaban J connectivity index is 0.00000243. The molecule has 1 aromatic carbocycles. The number of ether oxygens (including phenoxy) is 1. The van der Waals surface area contributed by atoms with Crippen LogP contribution >= 0.6 is 24.0 Å². The minimum absolute atomic E-state index is 0. The summed E-state index contributed by atoms with van der Waals surface area (Å²) >= 11 is 6.13. The van der Waals surface area contributed by atoms with E-state index in [1.165, 1.54) is 0 Å². The maximum Gasteiger partial charge on any atom is 0.242 e. The van der Waals surface area contributed by atoms with Crippen LogP contribution in [0.2, 0.25) is 5.02 Å². The Hall–Kier alpha value is -1.34. The molecular weight excluding hydrogens is 377 g/mol. The van der Waals surface area contributed by atoms with Crippen LogP contribution in [0, 0.1) is 0 Å². The van der Waals surface area contributed by atoms with Crippen molar-refractivity contribution in [3.63, 3.8) is 0 Å². The molecule has 144 valence electrons. The van der Waals surface area contributed by atoms with Gasteiger partial charge in [0.25, 0.3) is 0 Å². The van der Waals surface area contributed by atoms with Crippen LogP contribution in [0.25, 0.3) is 0 Å². The Morgan fingerprint density at radius 1 is 1.08 bits per heavy atom. The van der Waals surface area contributed by atoms with E-state index < -0.39 is 5.54 Å². The SMILES string of the molecule is Cl.NC1(C(=O)N2CCN(C(=O)Cc3ccccc3Cl)CC2)CCOCC1. The quantitative estimate of drug-likeness (QED) is 0.831. The summed E-state index contributed by atoms with van der Waals surface area (Å²) in [6.07, 6.45) is 1.39. The van der Waals surface area contributed by atoms with Crippen LogP contribution in [-0.2, 0) is 20.7 Å². The van der Waals surface area contributed by atoms with E-state index in [1.807, 2.05) is 18.2 Å². The third-order valence-corrected chi connectivity index (χ3v) is 5.40. The molecule has 0 saturated carbocycles. The number of rotatable bonds is 3. The first-order valence-corrected chi connectivity index (χ1v) is 9.04. The summed E-state index contributed by atoms with van der Waals surface area (Å²) in [5, 5.41) is 0.606. The fraction of sp³-hybridized carbons (Fsp3) is 0.556. The Bertz CT molecular complexity index is 642. The molecule has 2 aliphatic rings. The Kier molecular flexibility index (Phi) is 7.29. The number of nitrogens with two attached hydrogens (primary N) is 1. The van der Waals surface area contributed by atoms with Crippen molar-refractivity contribution in [1.29, 1.82) is 0 Å². The molecule has 0 radical (unpaired) electrons. The molecule has 0 aliphatic carbocycles. The van der Waals surface area contributed by atoms with Gasteiger partial charge in [-0.15, -0.1) is 12.4 Å². The highest BCUT2D eigenvalue weighted by Crippen LogP contribution is 2.22. The lowest BCUT2D eigenvalue weighted by molar-refractivity contribution is -0.145. The normalized spacial score (nSPS) is 19.6. The van der Waals surface area contributed by atoms with Gasteiger partial charge in [0, 0.05) is 44.4 Å². The van der Waals surface area contributed by atoms with E-state index in [0.717, 1.165) is 5.56 Å². The van der Waals surface area contributed by atoms with Crippen LogP contribution in [0.3, 0.4) is 0 Å². The van der Waals surface area contributed by atoms with E-state index in [4.69, 9.17) is 22.1 Å². The first-order chi connectivity index (χ1) is 12.0. The fourth-order valence-electron chi connectivity index (χ4n) is 3.34. The molecule has 2 heterocycles. The van der Waals surface area contributed by atoms with E-state index in [-0.39, 0.29) is 30.6 Å². The van der Waals surface area contributed by atoms with Crippen LogP contribution in [0.5, 0.6) is 0 Å². The molecule has 2 amide bonds. The molecule has 0 aromatic heterocycles. The second-order valence-corrected chi connectivity index (χ2v) is 7.12. The van der Waals surface area contributed by atoms with Crippen molar-refractivity contribution in [2.75, 3.05) is 39.4 Å². The molecule has 1 aromatic rings. The maximum atomic E-state index is 12.7. The van der Waals surface area contributed by atoms with Gasteiger partial charge in [-0.1, -0.05) is 29.8 Å². The van der Waals surface area contributed by atoms with E-state index in [1.54, 1.807) is 15.9 Å². The average molecular weight is 402 g/mol. The molecule has 8 heteroatoms. The van der Waals surface area contributed by atoms with Crippen molar-refractivity contribution in [3.8, 4) is 0 Å². The summed E-state index contributed by atoms with van der Waals surface area (Å²) in [7, 11) is 0. The lowest BCUT2D eigenvalue weighted by Crippen LogP contribution is -2.61. The van der Waals surface area contributed by atoms with Gasteiger partial charge >= 0.3 is 0 Å². The largest absolute Gasteiger partial charge is 0.381 e. The van der Waals surface area contributed by atoms with Gasteiger partial charge in [0.1, 0.15) is 0 Å². The van der Waals surface area contributed by atoms with Gasteiger partial charge < -0.3 is 20.3 Å². The van der Waals surface area contributed by atoms with Crippen LogP contribution in [0.15, 0.2) is 24.3 Å². The standard InChI is InChI=1S/C18H24ClN3O3.ClH/c19-15-4-2-1-3-14(15)13-16(23)21-7-9-22(10-8-21)17(24)18(20)5-11-25-12-6-18;/h1-4H,5-13,20H2;1H. The molecule has 0 spiro atoms. The monoisotopic (exact) mass is 401 g/mol. The lowest BCUT2D eigenvalue weighted by Gasteiger charge is -2.41. The second kappa shape index (κ2) is 9.04. The van der Waals surface area contributed by atoms with E-state index >= 15 is 0 Å². The van der Waals surface area contributed by atoms with E-state index in [2.05, 4.69) is 0 Å². The number of halogens is 2. The molecule has 0 bridgehead atoms. The highest BCUT2D eigenvalue weighted by molar-refractivity contribution is 6.31. The molecule has 2 fully saturated rings. The molecule has 3 rings (SSSR count). The summed E-state index contributed by atoms with van der Waals surface area (Å²) in [6.45, 7) is 3.15. The van der Waals surface area contributed by atoms with Gasteiger partial charge in [-0.2, -0.15) is 0 Å². The minimum atomic E-state index is -0.817. The van der Waals surface area contributed by atoms with Crippen molar-refractivity contribution in [3.05, 3.63) is 34.9 Å². The smallest absolute Gasteiger partial charge is 0.242 e. The summed E-state index contributed by atoms with van der Waals surface area (Å²) in [4.78, 5) is 28.8. The molecule has 2 N–H and O–H groups in total. The number of benzene rings is 1. The van der Waals surface area contributed by atoms with Crippen LogP contribution in [-0.4, -0.2) is 66.5 Å². The topological polar surface area (TPSA) is 75.9 Å². The number of amides is 2. The van der Waals surface area contributed by atoms with Crippen molar-refractivity contribution >= 4 is 35.8 Å². The number of carbonyl (C=O) groups excluding carboxylic acids is 2. The van der Waals surface area contributed by atoms with Crippen molar-refractivity contribution in [2.45, 2.75) is 24.8 Å². The Morgan fingerprint density at radius 2 is 1.65 bits per heavy atom. The van der Waals surface area contributed by atoms with Gasteiger partial charge in [0.2, 0.25) is 11.8 Å². The number of nitrogens with zero attached hydrogens (tertiary/aromatic N) is 2. The zero-order valence-electron chi connectivity index (χ0n) is 14.7. The predicted octanol–water partition coefficient (Wildman–Crippen LogP) is 1.48. The molecule has 26 heavy (non-hydrogen) atoms. The first-order valence-electron chi connectivity index (χ1n) is 8.67. The minimum Gasteiger partial charge on any atom is -0.381 e. The highest BCUT2D eigenvalue weighted by Gasteiger charge is 2.40. The third kappa shape index (κ3) is 4.68. The van der Waals surface area contributed by atoms with Crippen LogP contribution in [0.1, 0.15) is 18.4 Å². The van der Waals surface area contributed by atoms with E-state index in [9.17, 15) is 9.59 Å². The Morgan fingerprint density at radius 3 is 2.27 bits per heavy atom. The van der Waals surface area contributed by atoms with Crippen molar-refractivity contribution < 1.29 is 14.3 Å². The Labute approximate surface area is 165 Å². The first kappa shape index (κ1) is 21.0. The van der Waals surface area contributed by atoms with Crippen molar-refractivity contribution in [1.82, 2.24) is 9.80 Å². The summed E-state index contributed by atoms with van der Waals surface area (Å²) in [5.74, 6) is 0.0164. The van der Waals surface area contributed by atoms with Crippen LogP contribution in [0.4, 0.5) is 0 Å². The van der Waals surface area contributed by atoms with Gasteiger partial charge in [-0.25, -0.2) is 0 Å². The number of piperazine rings is 1. The van der Waals surface area contributed by atoms with Crippen molar-refractivity contribution in [2.24, 2.45) is 5.73 Å². The van der Waals surface area contributed by atoms with Gasteiger partial charge in [0.15, 0.2) is 0 Å². The molecule has 0 atom stereocenters. The summed E-state index contributed by atoms with van der Waals surface area (Å²) in [5.41, 5.74) is 6.29. The van der Waals surface area contributed by atoms with Gasteiger partial charge in [0.05, 0.1) is 12.0 Å². The maximum absolute atomic E-state index is 12.7. The van der Waals surface area contributed by atoms with Gasteiger partial charge in [-0.05, 0) is 24.5 Å². The molecule has 2 saturated heterocycles. The van der Waals surface area contributed by atoms with E-state index in [0.29, 0.717) is 57.3 Å². The summed E-state index contributed by atoms with van der Waals surface area (Å²) in [6, 6.07) is 7.37. The number of hydrogen-bond donors (Lipinski definition) is 1.